The Morgan fingerprint density at radius 1 is 1.06 bits per heavy atom. The first-order valence-electron chi connectivity index (χ1n) is 10.9. The van der Waals surface area contributed by atoms with Crippen LogP contribution >= 0.6 is 0 Å². The van der Waals surface area contributed by atoms with Gasteiger partial charge in [0.05, 0.1) is 23.7 Å². The van der Waals surface area contributed by atoms with Gasteiger partial charge in [-0.15, -0.1) is 0 Å². The highest BCUT2D eigenvalue weighted by molar-refractivity contribution is 5.84. The summed E-state index contributed by atoms with van der Waals surface area (Å²) in [5, 5.41) is 5.15. The third-order valence-corrected chi connectivity index (χ3v) is 5.42. The van der Waals surface area contributed by atoms with Crippen LogP contribution in [0.2, 0.25) is 0 Å². The number of para-hydroxylation sites is 1. The maximum atomic E-state index is 13.3. The summed E-state index contributed by atoms with van der Waals surface area (Å²) in [6.07, 6.45) is 1.74. The van der Waals surface area contributed by atoms with Crippen molar-refractivity contribution in [1.29, 1.82) is 0 Å². The van der Waals surface area contributed by atoms with Gasteiger partial charge in [0, 0.05) is 5.56 Å². The third kappa shape index (κ3) is 4.19. The van der Waals surface area contributed by atoms with Crippen LogP contribution in [0.25, 0.3) is 22.3 Å². The Morgan fingerprint density at radius 3 is 2.50 bits per heavy atom. The highest BCUT2D eigenvalue weighted by Crippen LogP contribution is 2.29. The quantitative estimate of drug-likeness (QED) is 0.368. The Labute approximate surface area is 188 Å². The standard InChI is InChI=1S/C27H27N3O2/c1-5-32-25-15-19(4)21(16-23(25)18(2)3)17-28-30-26(20-11-7-6-8-12-20)29-24-14-10-9-13-22(24)27(30)31/h6-18H,5H2,1-4H3. The highest BCUT2D eigenvalue weighted by atomic mass is 16.5. The summed E-state index contributed by atoms with van der Waals surface area (Å²) in [5.74, 6) is 1.71. The van der Waals surface area contributed by atoms with Crippen molar-refractivity contribution in [2.75, 3.05) is 6.61 Å². The minimum atomic E-state index is -0.196. The third-order valence-electron chi connectivity index (χ3n) is 5.42. The number of fused-ring (bicyclic) bond motifs is 1. The smallest absolute Gasteiger partial charge is 0.282 e. The second-order valence-corrected chi connectivity index (χ2v) is 8.01. The van der Waals surface area contributed by atoms with Gasteiger partial charge in [0.15, 0.2) is 5.82 Å². The predicted molar refractivity (Wildman–Crippen MR) is 131 cm³/mol. The molecule has 0 aliphatic heterocycles. The molecule has 4 rings (SSSR count). The summed E-state index contributed by atoms with van der Waals surface area (Å²) >= 11 is 0. The van der Waals surface area contributed by atoms with Crippen molar-refractivity contribution in [3.8, 4) is 17.1 Å². The number of aromatic nitrogens is 2. The van der Waals surface area contributed by atoms with Crippen molar-refractivity contribution in [2.24, 2.45) is 5.10 Å². The molecule has 32 heavy (non-hydrogen) atoms. The van der Waals surface area contributed by atoms with Crippen LogP contribution in [-0.4, -0.2) is 22.5 Å². The fourth-order valence-corrected chi connectivity index (χ4v) is 3.71. The molecule has 1 heterocycles. The van der Waals surface area contributed by atoms with Gasteiger partial charge >= 0.3 is 0 Å². The summed E-state index contributed by atoms with van der Waals surface area (Å²) in [5.41, 5.74) is 4.38. The lowest BCUT2D eigenvalue weighted by Gasteiger charge is -2.16. The van der Waals surface area contributed by atoms with Gasteiger partial charge < -0.3 is 4.74 Å². The van der Waals surface area contributed by atoms with E-state index in [9.17, 15) is 4.79 Å². The molecule has 162 valence electrons. The van der Waals surface area contributed by atoms with Crippen LogP contribution in [0.1, 0.15) is 43.4 Å². The summed E-state index contributed by atoms with van der Waals surface area (Å²) in [7, 11) is 0. The van der Waals surface area contributed by atoms with Crippen LogP contribution in [0.15, 0.2) is 76.6 Å². The van der Waals surface area contributed by atoms with E-state index in [1.807, 2.05) is 68.4 Å². The number of hydrogen-bond acceptors (Lipinski definition) is 4. The molecule has 4 aromatic rings. The molecule has 1 aromatic heterocycles. The topological polar surface area (TPSA) is 56.5 Å². The molecular formula is C27H27N3O2. The average Bonchev–Trinajstić information content (AvgIpc) is 2.80. The molecule has 0 spiro atoms. The summed E-state index contributed by atoms with van der Waals surface area (Å²) in [6.45, 7) is 8.90. The van der Waals surface area contributed by atoms with Crippen LogP contribution < -0.4 is 10.3 Å². The molecule has 0 radical (unpaired) electrons. The van der Waals surface area contributed by atoms with Gasteiger partial charge in [-0.05, 0) is 60.7 Å². The Morgan fingerprint density at radius 2 is 1.78 bits per heavy atom. The molecule has 3 aromatic carbocycles. The van der Waals surface area contributed by atoms with Gasteiger partial charge in [0.1, 0.15) is 5.75 Å². The van der Waals surface area contributed by atoms with E-state index in [0.717, 1.165) is 28.0 Å². The van der Waals surface area contributed by atoms with E-state index in [1.165, 1.54) is 4.68 Å². The molecule has 0 unspecified atom stereocenters. The van der Waals surface area contributed by atoms with Crippen molar-refractivity contribution >= 4 is 17.1 Å². The lowest BCUT2D eigenvalue weighted by molar-refractivity contribution is 0.335. The van der Waals surface area contributed by atoms with Gasteiger partial charge in [-0.3, -0.25) is 4.79 Å². The second-order valence-electron chi connectivity index (χ2n) is 8.01. The zero-order valence-corrected chi connectivity index (χ0v) is 18.9. The zero-order chi connectivity index (χ0) is 22.7. The lowest BCUT2D eigenvalue weighted by atomic mass is 9.97. The largest absolute Gasteiger partial charge is 0.494 e. The van der Waals surface area contributed by atoms with Crippen molar-refractivity contribution in [2.45, 2.75) is 33.6 Å². The Kier molecular flexibility index (Phi) is 6.17. The Bertz CT molecular complexity index is 1340. The summed E-state index contributed by atoms with van der Waals surface area (Å²) in [4.78, 5) is 18.1. The predicted octanol–water partition coefficient (Wildman–Crippen LogP) is 5.78. The van der Waals surface area contributed by atoms with E-state index in [2.05, 4.69) is 25.0 Å². The van der Waals surface area contributed by atoms with E-state index >= 15 is 0 Å². The van der Waals surface area contributed by atoms with E-state index in [1.54, 1.807) is 12.3 Å². The molecule has 5 nitrogen and oxygen atoms in total. The zero-order valence-electron chi connectivity index (χ0n) is 18.9. The van der Waals surface area contributed by atoms with Crippen molar-refractivity contribution < 1.29 is 4.74 Å². The Balaban J connectivity index is 1.88. The molecule has 0 aliphatic carbocycles. The minimum absolute atomic E-state index is 0.196. The van der Waals surface area contributed by atoms with Crippen LogP contribution in [0.4, 0.5) is 0 Å². The number of hydrogen-bond donors (Lipinski definition) is 0. The van der Waals surface area contributed by atoms with Crippen molar-refractivity contribution in [3.63, 3.8) is 0 Å². The number of nitrogens with zero attached hydrogens (tertiary/aromatic N) is 3. The minimum Gasteiger partial charge on any atom is -0.494 e. The first-order chi connectivity index (χ1) is 15.5. The monoisotopic (exact) mass is 425 g/mol. The fourth-order valence-electron chi connectivity index (χ4n) is 3.71. The molecule has 0 N–H and O–H groups in total. The SMILES string of the molecule is CCOc1cc(C)c(C=Nn2c(-c3ccccc3)nc3ccccc3c2=O)cc1C(C)C. The molecule has 0 bridgehead atoms. The number of benzene rings is 3. The molecule has 5 heteroatoms. The molecule has 0 atom stereocenters. The molecule has 0 fully saturated rings. The van der Waals surface area contributed by atoms with Crippen molar-refractivity contribution in [3.05, 3.63) is 93.8 Å². The van der Waals surface area contributed by atoms with Gasteiger partial charge in [0.25, 0.3) is 5.56 Å². The second kappa shape index (κ2) is 9.18. The molecule has 0 aliphatic rings. The van der Waals surface area contributed by atoms with Crippen LogP contribution in [0.3, 0.4) is 0 Å². The maximum absolute atomic E-state index is 13.3. The Hall–Kier alpha value is -3.73. The molecule has 0 saturated heterocycles. The van der Waals surface area contributed by atoms with Crippen LogP contribution in [0, 0.1) is 6.92 Å². The van der Waals surface area contributed by atoms with E-state index < -0.39 is 0 Å². The summed E-state index contributed by atoms with van der Waals surface area (Å²) in [6, 6.07) is 21.1. The van der Waals surface area contributed by atoms with Gasteiger partial charge in [0.2, 0.25) is 0 Å². The van der Waals surface area contributed by atoms with Crippen molar-refractivity contribution in [1.82, 2.24) is 9.66 Å². The normalized spacial score (nSPS) is 11.5. The van der Waals surface area contributed by atoms with Gasteiger partial charge in [-0.25, -0.2) is 4.98 Å². The van der Waals surface area contributed by atoms with E-state index in [-0.39, 0.29) is 5.56 Å². The molecular weight excluding hydrogens is 398 g/mol. The first-order valence-corrected chi connectivity index (χ1v) is 10.9. The average molecular weight is 426 g/mol. The highest BCUT2D eigenvalue weighted by Gasteiger charge is 2.14. The lowest BCUT2D eigenvalue weighted by Crippen LogP contribution is -2.20. The fraction of sp³-hybridized carbons (Fsp3) is 0.222. The van der Waals surface area contributed by atoms with Gasteiger partial charge in [-0.2, -0.15) is 9.78 Å². The number of ether oxygens (including phenoxy) is 1. The van der Waals surface area contributed by atoms with Gasteiger partial charge in [-0.1, -0.05) is 56.3 Å². The van der Waals surface area contributed by atoms with Crippen LogP contribution in [0.5, 0.6) is 5.75 Å². The van der Waals surface area contributed by atoms with Crippen LogP contribution in [-0.2, 0) is 0 Å². The summed E-state index contributed by atoms with van der Waals surface area (Å²) < 4.78 is 7.22. The maximum Gasteiger partial charge on any atom is 0.282 e. The van der Waals surface area contributed by atoms with E-state index in [4.69, 9.17) is 9.72 Å². The van der Waals surface area contributed by atoms with E-state index in [0.29, 0.717) is 29.3 Å². The first kappa shape index (κ1) is 21.5. The number of rotatable bonds is 6. The molecule has 0 saturated carbocycles. The molecule has 0 amide bonds. The number of aryl methyl sites for hydroxylation is 1.